The number of methoxy groups -OCH3 is 1. The molecule has 0 saturated carbocycles. The van der Waals surface area contributed by atoms with Gasteiger partial charge in [-0.25, -0.2) is 0 Å². The highest BCUT2D eigenvalue weighted by molar-refractivity contribution is 7.80. The number of amides is 1. The van der Waals surface area contributed by atoms with Gasteiger partial charge in [0.15, 0.2) is 5.11 Å². The molecule has 1 aromatic carbocycles. The van der Waals surface area contributed by atoms with Crippen molar-refractivity contribution >= 4 is 34.6 Å². The lowest BCUT2D eigenvalue weighted by atomic mass is 9.95. The Morgan fingerprint density at radius 1 is 1.20 bits per heavy atom. The maximum Gasteiger partial charge on any atom is 0.229 e. The number of anilines is 2. The van der Waals surface area contributed by atoms with Crippen LogP contribution >= 0.6 is 12.2 Å². The molecule has 7 nitrogen and oxygen atoms in total. The summed E-state index contributed by atoms with van der Waals surface area (Å²) in [6, 6.07) is 13.9. The Hall–Kier alpha value is -3.39. The SMILES string of the molecule is COc1cc(N2C(=S)N[C@@H](c3ccccn3)[C@@H]2c2ccn(C(C)C)c2)ccc1NC(=O)C(C)(C)C. The average molecular weight is 492 g/mol. The molecule has 8 heteroatoms. The molecule has 0 aliphatic carbocycles. The number of carbonyl (C=O) groups excluding carboxylic acids is 1. The summed E-state index contributed by atoms with van der Waals surface area (Å²) in [6.07, 6.45) is 6.07. The van der Waals surface area contributed by atoms with Gasteiger partial charge in [-0.1, -0.05) is 26.8 Å². The molecule has 0 radical (unpaired) electrons. The van der Waals surface area contributed by atoms with Crippen LogP contribution in [0, 0.1) is 5.41 Å². The average Bonchev–Trinajstić information content (AvgIpc) is 3.44. The molecule has 1 aliphatic rings. The van der Waals surface area contributed by atoms with Crippen LogP contribution in [0.1, 0.15) is 64.0 Å². The fraction of sp³-hybridized carbons (Fsp3) is 0.370. The third-order valence-electron chi connectivity index (χ3n) is 6.17. The molecule has 3 heterocycles. The van der Waals surface area contributed by atoms with Crippen molar-refractivity contribution in [1.82, 2.24) is 14.9 Å². The lowest BCUT2D eigenvalue weighted by Crippen LogP contribution is -2.30. The highest BCUT2D eigenvalue weighted by Gasteiger charge is 2.41. The van der Waals surface area contributed by atoms with Gasteiger partial charge in [0, 0.05) is 41.8 Å². The quantitative estimate of drug-likeness (QED) is 0.435. The second-order valence-corrected chi connectivity index (χ2v) is 10.5. The van der Waals surface area contributed by atoms with Crippen molar-refractivity contribution < 1.29 is 9.53 Å². The molecule has 1 aliphatic heterocycles. The van der Waals surface area contributed by atoms with Crippen LogP contribution in [0.5, 0.6) is 5.75 Å². The number of thiocarbonyl (C=S) groups is 1. The highest BCUT2D eigenvalue weighted by Crippen LogP contribution is 2.43. The van der Waals surface area contributed by atoms with E-state index in [1.807, 2.05) is 57.2 Å². The number of ether oxygens (including phenoxy) is 1. The van der Waals surface area contributed by atoms with E-state index in [0.29, 0.717) is 22.6 Å². The molecule has 2 N–H and O–H groups in total. The molecule has 3 aromatic rings. The lowest BCUT2D eigenvalue weighted by Gasteiger charge is -2.28. The van der Waals surface area contributed by atoms with Gasteiger partial charge in [-0.15, -0.1) is 0 Å². The molecule has 1 amide bonds. The molecule has 184 valence electrons. The summed E-state index contributed by atoms with van der Waals surface area (Å²) < 4.78 is 7.85. The Kier molecular flexibility index (Phi) is 6.85. The van der Waals surface area contributed by atoms with Gasteiger partial charge in [0.05, 0.1) is 30.6 Å². The number of nitrogens with zero attached hydrogens (tertiary/aromatic N) is 3. The molecular formula is C27H33N5O2S. The number of hydrogen-bond acceptors (Lipinski definition) is 4. The maximum atomic E-state index is 12.6. The Morgan fingerprint density at radius 2 is 1.97 bits per heavy atom. The number of rotatable bonds is 6. The van der Waals surface area contributed by atoms with Gasteiger partial charge in [0.25, 0.3) is 0 Å². The molecule has 0 unspecified atom stereocenters. The van der Waals surface area contributed by atoms with E-state index < -0.39 is 5.41 Å². The number of pyridine rings is 1. The topological polar surface area (TPSA) is 71.4 Å². The summed E-state index contributed by atoms with van der Waals surface area (Å²) in [5.41, 5.74) is 3.02. The van der Waals surface area contributed by atoms with E-state index in [1.54, 1.807) is 13.3 Å². The van der Waals surface area contributed by atoms with Crippen molar-refractivity contribution in [2.75, 3.05) is 17.3 Å². The van der Waals surface area contributed by atoms with Crippen LogP contribution in [0.15, 0.2) is 61.1 Å². The van der Waals surface area contributed by atoms with E-state index in [9.17, 15) is 4.79 Å². The largest absolute Gasteiger partial charge is 0.494 e. The fourth-order valence-electron chi connectivity index (χ4n) is 4.14. The van der Waals surface area contributed by atoms with Crippen molar-refractivity contribution in [3.05, 3.63) is 72.3 Å². The summed E-state index contributed by atoms with van der Waals surface area (Å²) >= 11 is 5.84. The van der Waals surface area contributed by atoms with Crippen LogP contribution in [-0.2, 0) is 4.79 Å². The van der Waals surface area contributed by atoms with Gasteiger partial charge in [-0.3, -0.25) is 9.78 Å². The van der Waals surface area contributed by atoms with E-state index >= 15 is 0 Å². The zero-order valence-electron chi connectivity index (χ0n) is 21.1. The van der Waals surface area contributed by atoms with Crippen molar-refractivity contribution in [2.24, 2.45) is 5.41 Å². The zero-order chi connectivity index (χ0) is 25.3. The highest BCUT2D eigenvalue weighted by atomic mass is 32.1. The van der Waals surface area contributed by atoms with Crippen LogP contribution in [0.4, 0.5) is 11.4 Å². The van der Waals surface area contributed by atoms with Crippen LogP contribution in [-0.4, -0.2) is 27.7 Å². The van der Waals surface area contributed by atoms with Crippen molar-refractivity contribution in [3.63, 3.8) is 0 Å². The molecule has 4 rings (SSSR count). The third-order valence-corrected chi connectivity index (χ3v) is 6.48. The normalized spacial score (nSPS) is 18.0. The number of hydrogen-bond donors (Lipinski definition) is 2. The van der Waals surface area contributed by atoms with E-state index in [0.717, 1.165) is 16.9 Å². The Bertz CT molecular complexity index is 1220. The molecule has 0 spiro atoms. The second kappa shape index (κ2) is 9.70. The zero-order valence-corrected chi connectivity index (χ0v) is 21.9. The minimum atomic E-state index is -0.519. The van der Waals surface area contributed by atoms with Gasteiger partial charge >= 0.3 is 0 Å². The first kappa shape index (κ1) is 24.7. The molecular weight excluding hydrogens is 458 g/mol. The van der Waals surface area contributed by atoms with E-state index in [4.69, 9.17) is 17.0 Å². The maximum absolute atomic E-state index is 12.6. The molecule has 2 aromatic heterocycles. The van der Waals surface area contributed by atoms with Gasteiger partial charge in [-0.05, 0) is 62.0 Å². The van der Waals surface area contributed by atoms with Gasteiger partial charge in [0.1, 0.15) is 5.75 Å². The van der Waals surface area contributed by atoms with E-state index in [-0.39, 0.29) is 18.0 Å². The number of aromatic nitrogens is 2. The summed E-state index contributed by atoms with van der Waals surface area (Å²) in [7, 11) is 1.60. The van der Waals surface area contributed by atoms with Crippen LogP contribution in [0.2, 0.25) is 0 Å². The smallest absolute Gasteiger partial charge is 0.229 e. The van der Waals surface area contributed by atoms with E-state index in [1.165, 1.54) is 0 Å². The minimum absolute atomic E-state index is 0.0787. The monoisotopic (exact) mass is 491 g/mol. The van der Waals surface area contributed by atoms with Crippen LogP contribution in [0.3, 0.4) is 0 Å². The van der Waals surface area contributed by atoms with Crippen LogP contribution < -0.4 is 20.3 Å². The first-order valence-electron chi connectivity index (χ1n) is 11.8. The molecule has 0 bridgehead atoms. The number of benzene rings is 1. The number of carbonyl (C=O) groups is 1. The molecule has 1 saturated heterocycles. The summed E-state index contributed by atoms with van der Waals surface area (Å²) in [4.78, 5) is 19.3. The summed E-state index contributed by atoms with van der Waals surface area (Å²) in [6.45, 7) is 9.95. The molecule has 2 atom stereocenters. The predicted octanol–water partition coefficient (Wildman–Crippen LogP) is 5.63. The fourth-order valence-corrected chi connectivity index (χ4v) is 4.49. The van der Waals surface area contributed by atoms with Gasteiger partial charge in [-0.2, -0.15) is 0 Å². The van der Waals surface area contributed by atoms with E-state index in [2.05, 4.69) is 57.4 Å². The van der Waals surface area contributed by atoms with Crippen molar-refractivity contribution in [2.45, 2.75) is 52.7 Å². The molecule has 1 fully saturated rings. The minimum Gasteiger partial charge on any atom is -0.494 e. The predicted molar refractivity (Wildman–Crippen MR) is 144 cm³/mol. The third kappa shape index (κ3) is 5.03. The Morgan fingerprint density at radius 3 is 2.57 bits per heavy atom. The first-order valence-corrected chi connectivity index (χ1v) is 12.2. The van der Waals surface area contributed by atoms with Crippen LogP contribution in [0.25, 0.3) is 0 Å². The van der Waals surface area contributed by atoms with Gasteiger partial charge in [0.2, 0.25) is 5.91 Å². The summed E-state index contributed by atoms with van der Waals surface area (Å²) in [5, 5.41) is 7.07. The van der Waals surface area contributed by atoms with Crippen molar-refractivity contribution in [1.29, 1.82) is 0 Å². The van der Waals surface area contributed by atoms with Gasteiger partial charge < -0.3 is 24.8 Å². The number of nitrogens with one attached hydrogen (secondary N) is 2. The first-order chi connectivity index (χ1) is 16.6. The second-order valence-electron chi connectivity index (χ2n) is 10.1. The van der Waals surface area contributed by atoms with Crippen molar-refractivity contribution in [3.8, 4) is 5.75 Å². The molecule has 35 heavy (non-hydrogen) atoms. The lowest BCUT2D eigenvalue weighted by molar-refractivity contribution is -0.123. The summed E-state index contributed by atoms with van der Waals surface area (Å²) in [5.74, 6) is 0.493. The Labute approximate surface area is 212 Å². The Balaban J connectivity index is 1.76. The standard InChI is InChI=1S/C27H33N5O2S/c1-17(2)31-14-12-18(16-31)24-23(21-9-7-8-13-28-21)30-26(35)32(24)19-10-11-20(22(15-19)34-6)29-25(33)27(3,4)5/h7-17,23-24H,1-6H3,(H,29,33)(H,30,35)/t23-,24-/m0/s1.